The summed E-state index contributed by atoms with van der Waals surface area (Å²) in [4.78, 5) is 3.27. The predicted octanol–water partition coefficient (Wildman–Crippen LogP) is 2.68. The van der Waals surface area contributed by atoms with Gasteiger partial charge in [0.15, 0.2) is 0 Å². The molecule has 2 N–H and O–H groups in total. The van der Waals surface area contributed by atoms with E-state index in [1.807, 2.05) is 18.0 Å². The second kappa shape index (κ2) is 6.96. The summed E-state index contributed by atoms with van der Waals surface area (Å²) >= 11 is 1.96. The molecule has 0 fully saturated rings. The van der Waals surface area contributed by atoms with Crippen LogP contribution in [0.25, 0.3) is 0 Å². The van der Waals surface area contributed by atoms with E-state index in [-0.39, 0.29) is 0 Å². The van der Waals surface area contributed by atoms with Crippen molar-refractivity contribution in [1.29, 1.82) is 0 Å². The molecule has 2 nitrogen and oxygen atoms in total. The molecule has 0 aromatic carbocycles. The van der Waals surface area contributed by atoms with Gasteiger partial charge < -0.3 is 10.3 Å². The molecule has 0 aliphatic rings. The lowest BCUT2D eigenvalue weighted by Crippen LogP contribution is -2.26. The van der Waals surface area contributed by atoms with Crippen molar-refractivity contribution >= 4 is 11.8 Å². The fourth-order valence-corrected chi connectivity index (χ4v) is 2.28. The molecule has 15 heavy (non-hydrogen) atoms. The standard InChI is InChI=1S/C12H22N2S/c1-10(2)13-8-6-12(15-3)9-11-5-4-7-14-11/h4-5,7,10,12-14H,6,8-9H2,1-3H3. The zero-order valence-corrected chi connectivity index (χ0v) is 10.7. The van der Waals surface area contributed by atoms with Gasteiger partial charge in [-0.15, -0.1) is 0 Å². The highest BCUT2D eigenvalue weighted by atomic mass is 32.2. The molecule has 0 saturated heterocycles. The van der Waals surface area contributed by atoms with Gasteiger partial charge in [-0.3, -0.25) is 0 Å². The van der Waals surface area contributed by atoms with Crippen LogP contribution < -0.4 is 5.32 Å². The van der Waals surface area contributed by atoms with Crippen LogP contribution in [0.2, 0.25) is 0 Å². The molecule has 0 bridgehead atoms. The number of aromatic nitrogens is 1. The Morgan fingerprint density at radius 1 is 1.47 bits per heavy atom. The fourth-order valence-electron chi connectivity index (χ4n) is 1.58. The van der Waals surface area contributed by atoms with E-state index in [0.29, 0.717) is 6.04 Å². The summed E-state index contributed by atoms with van der Waals surface area (Å²) in [7, 11) is 0. The van der Waals surface area contributed by atoms with Crippen LogP contribution in [-0.2, 0) is 6.42 Å². The molecule has 0 saturated carbocycles. The highest BCUT2D eigenvalue weighted by Gasteiger charge is 2.08. The van der Waals surface area contributed by atoms with E-state index in [2.05, 4.69) is 42.5 Å². The molecule has 0 aliphatic heterocycles. The van der Waals surface area contributed by atoms with Crippen LogP contribution in [0.5, 0.6) is 0 Å². The van der Waals surface area contributed by atoms with Crippen LogP contribution in [-0.4, -0.2) is 29.1 Å². The van der Waals surface area contributed by atoms with Crippen molar-refractivity contribution in [1.82, 2.24) is 10.3 Å². The molecule has 1 unspecified atom stereocenters. The van der Waals surface area contributed by atoms with Gasteiger partial charge in [-0.1, -0.05) is 13.8 Å². The number of H-pyrrole nitrogens is 1. The second-order valence-corrected chi connectivity index (χ2v) is 5.29. The summed E-state index contributed by atoms with van der Waals surface area (Å²) in [6, 6.07) is 4.83. The molecular weight excluding hydrogens is 204 g/mol. The zero-order chi connectivity index (χ0) is 11.1. The van der Waals surface area contributed by atoms with Crippen molar-refractivity contribution < 1.29 is 0 Å². The van der Waals surface area contributed by atoms with Gasteiger partial charge in [-0.05, 0) is 37.8 Å². The summed E-state index contributed by atoms with van der Waals surface area (Å²) in [6.07, 6.45) is 6.58. The number of rotatable bonds is 7. The Labute approximate surface area is 97.2 Å². The van der Waals surface area contributed by atoms with Crippen molar-refractivity contribution in [3.63, 3.8) is 0 Å². The van der Waals surface area contributed by atoms with Gasteiger partial charge >= 0.3 is 0 Å². The van der Waals surface area contributed by atoms with Crippen LogP contribution in [0.4, 0.5) is 0 Å². The van der Waals surface area contributed by atoms with Crippen LogP contribution in [0.1, 0.15) is 26.0 Å². The third kappa shape index (κ3) is 5.28. The first kappa shape index (κ1) is 12.7. The lowest BCUT2D eigenvalue weighted by molar-refractivity contribution is 0.561. The highest BCUT2D eigenvalue weighted by Crippen LogP contribution is 2.15. The van der Waals surface area contributed by atoms with E-state index < -0.39 is 0 Å². The molecular formula is C12H22N2S. The maximum Gasteiger partial charge on any atom is 0.0158 e. The normalized spacial score (nSPS) is 13.3. The van der Waals surface area contributed by atoms with Gasteiger partial charge in [0.2, 0.25) is 0 Å². The maximum absolute atomic E-state index is 3.47. The second-order valence-electron chi connectivity index (χ2n) is 4.15. The fraction of sp³-hybridized carbons (Fsp3) is 0.667. The first-order valence-corrected chi connectivity index (χ1v) is 6.89. The summed E-state index contributed by atoms with van der Waals surface area (Å²) in [5.74, 6) is 0. The minimum Gasteiger partial charge on any atom is -0.365 e. The predicted molar refractivity (Wildman–Crippen MR) is 69.6 cm³/mol. The van der Waals surface area contributed by atoms with E-state index in [9.17, 15) is 0 Å². The summed E-state index contributed by atoms with van der Waals surface area (Å²) in [5.41, 5.74) is 1.35. The van der Waals surface area contributed by atoms with E-state index in [1.165, 1.54) is 12.1 Å². The first-order valence-electron chi connectivity index (χ1n) is 5.60. The molecule has 1 rings (SSSR count). The zero-order valence-electron chi connectivity index (χ0n) is 9.92. The number of aromatic amines is 1. The number of hydrogen-bond acceptors (Lipinski definition) is 2. The lowest BCUT2D eigenvalue weighted by atomic mass is 10.2. The third-order valence-corrected chi connectivity index (χ3v) is 3.53. The average Bonchev–Trinajstić information content (AvgIpc) is 2.68. The van der Waals surface area contributed by atoms with E-state index in [4.69, 9.17) is 0 Å². The van der Waals surface area contributed by atoms with Crippen LogP contribution in [0.3, 0.4) is 0 Å². The Bertz CT molecular complexity index is 244. The quantitative estimate of drug-likeness (QED) is 0.748. The number of nitrogens with one attached hydrogen (secondary N) is 2. The Hall–Kier alpha value is -0.410. The van der Waals surface area contributed by atoms with E-state index >= 15 is 0 Å². The largest absolute Gasteiger partial charge is 0.365 e. The Kier molecular flexibility index (Phi) is 5.88. The van der Waals surface area contributed by atoms with Gasteiger partial charge in [0.05, 0.1) is 0 Å². The van der Waals surface area contributed by atoms with Gasteiger partial charge in [0.25, 0.3) is 0 Å². The first-order chi connectivity index (χ1) is 7.22. The Balaban J connectivity index is 2.24. The lowest BCUT2D eigenvalue weighted by Gasteiger charge is -2.15. The molecule has 1 heterocycles. The van der Waals surface area contributed by atoms with Crippen LogP contribution >= 0.6 is 11.8 Å². The molecule has 0 radical (unpaired) electrons. The van der Waals surface area contributed by atoms with Gasteiger partial charge in [-0.2, -0.15) is 11.8 Å². The SMILES string of the molecule is CSC(CCNC(C)C)Cc1ccc[nH]1. The van der Waals surface area contributed by atoms with Gasteiger partial charge in [-0.25, -0.2) is 0 Å². The number of thioether (sulfide) groups is 1. The number of hydrogen-bond donors (Lipinski definition) is 2. The molecule has 1 aromatic rings. The molecule has 1 atom stereocenters. The van der Waals surface area contributed by atoms with Crippen molar-refractivity contribution in [2.45, 2.75) is 38.0 Å². The Morgan fingerprint density at radius 2 is 2.27 bits per heavy atom. The van der Waals surface area contributed by atoms with Gasteiger partial charge in [0, 0.05) is 23.2 Å². The minimum absolute atomic E-state index is 0.595. The molecule has 1 aromatic heterocycles. The topological polar surface area (TPSA) is 27.8 Å². The highest BCUT2D eigenvalue weighted by molar-refractivity contribution is 7.99. The van der Waals surface area contributed by atoms with Crippen LogP contribution in [0, 0.1) is 0 Å². The van der Waals surface area contributed by atoms with E-state index in [0.717, 1.165) is 18.2 Å². The molecule has 0 amide bonds. The summed E-state index contributed by atoms with van der Waals surface area (Å²) in [6.45, 7) is 5.50. The summed E-state index contributed by atoms with van der Waals surface area (Å²) < 4.78 is 0. The average molecular weight is 226 g/mol. The van der Waals surface area contributed by atoms with Crippen LogP contribution in [0.15, 0.2) is 18.3 Å². The molecule has 3 heteroatoms. The van der Waals surface area contributed by atoms with E-state index in [1.54, 1.807) is 0 Å². The summed E-state index contributed by atoms with van der Waals surface area (Å²) in [5, 5.41) is 4.18. The van der Waals surface area contributed by atoms with Crippen molar-refractivity contribution in [2.24, 2.45) is 0 Å². The molecule has 0 spiro atoms. The maximum atomic E-state index is 3.47. The van der Waals surface area contributed by atoms with Gasteiger partial charge in [0.1, 0.15) is 0 Å². The minimum atomic E-state index is 0.595. The van der Waals surface area contributed by atoms with Crippen molar-refractivity contribution in [3.05, 3.63) is 24.0 Å². The Morgan fingerprint density at radius 3 is 2.80 bits per heavy atom. The van der Waals surface area contributed by atoms with Crippen molar-refractivity contribution in [3.8, 4) is 0 Å². The smallest absolute Gasteiger partial charge is 0.0158 e. The van der Waals surface area contributed by atoms with Crippen molar-refractivity contribution in [2.75, 3.05) is 12.8 Å². The molecule has 86 valence electrons. The molecule has 0 aliphatic carbocycles. The third-order valence-electron chi connectivity index (χ3n) is 2.46. The monoisotopic (exact) mass is 226 g/mol.